The maximum absolute atomic E-state index is 11.9. The molecule has 0 heterocycles. The second-order valence-corrected chi connectivity index (χ2v) is 31.8. The molecule has 22 unspecified atom stereocenters. The highest BCUT2D eigenvalue weighted by Gasteiger charge is 2.56. The zero-order valence-corrected chi connectivity index (χ0v) is 56.0. The van der Waals surface area contributed by atoms with Gasteiger partial charge in [0.1, 0.15) is 17.0 Å². The van der Waals surface area contributed by atoms with Crippen molar-refractivity contribution >= 4 is 35.0 Å². The van der Waals surface area contributed by atoms with Crippen molar-refractivity contribution in [3.8, 4) is 0 Å². The first kappa shape index (κ1) is 69.3. The summed E-state index contributed by atoms with van der Waals surface area (Å²) in [6, 6.07) is 5.05. The van der Waals surface area contributed by atoms with Gasteiger partial charge in [0.2, 0.25) is 5.78 Å². The molecule has 8 N–H and O–H groups in total. The fraction of sp³-hybridized carbons (Fsp3) is 0.909. The summed E-state index contributed by atoms with van der Waals surface area (Å²) < 4.78 is 0.976. The molecule has 12 saturated carbocycles. The monoisotopic (exact) mass is 1190 g/mol. The Kier molecular flexibility index (Phi) is 22.8. The summed E-state index contributed by atoms with van der Waals surface area (Å²) in [5.41, 5.74) is 4.52. The summed E-state index contributed by atoms with van der Waals surface area (Å²) in [7, 11) is 28.0. The van der Waals surface area contributed by atoms with Crippen LogP contribution < -0.4 is 21.7 Å². The van der Waals surface area contributed by atoms with Crippen molar-refractivity contribution in [1.29, 1.82) is 0 Å². The van der Waals surface area contributed by atoms with Crippen molar-refractivity contribution in [3.63, 3.8) is 0 Å². The molecule has 12 rings (SSSR count). The number of quaternary nitrogens is 1. The molecular weight excluding hydrogens is 1070 g/mol. The van der Waals surface area contributed by atoms with Gasteiger partial charge in [-0.2, -0.15) is 0 Å². The molecule has 0 aromatic rings. The molecule has 0 aromatic heterocycles. The molecule has 12 aliphatic carbocycles. The highest BCUT2D eigenvalue weighted by molar-refractivity contribution is 6.35. The van der Waals surface area contributed by atoms with Crippen LogP contribution in [0.15, 0.2) is 5.16 Å². The molecule has 12 fully saturated rings. The van der Waals surface area contributed by atoms with E-state index in [9.17, 15) is 34.2 Å². The van der Waals surface area contributed by atoms with Crippen LogP contribution in [0.3, 0.4) is 0 Å². The van der Waals surface area contributed by atoms with E-state index in [1.165, 1.54) is 84.0 Å². The molecule has 12 bridgehead atoms. The van der Waals surface area contributed by atoms with Gasteiger partial charge >= 0.3 is 0 Å². The van der Waals surface area contributed by atoms with Gasteiger partial charge < -0.3 is 66.1 Å². The molecule has 0 aliphatic heterocycles. The molecule has 3 amide bonds. The van der Waals surface area contributed by atoms with E-state index in [1.54, 1.807) is 27.7 Å². The fourth-order valence-electron chi connectivity index (χ4n) is 20.1. The summed E-state index contributed by atoms with van der Waals surface area (Å²) in [6.45, 7) is 7.50. The van der Waals surface area contributed by atoms with Crippen LogP contribution in [-0.4, -0.2) is 243 Å². The number of nitrogens with two attached hydrogens (primary N) is 1. The Morgan fingerprint density at radius 3 is 1.16 bits per heavy atom. The fourth-order valence-corrected chi connectivity index (χ4v) is 20.1. The average Bonchev–Trinajstić information content (AvgIpc) is 2.20. The normalized spacial score (nSPS) is 39.8. The number of hydrogen-bond acceptors (Lipinski definition) is 15. The predicted octanol–water partition coefficient (Wildman–Crippen LogP) is 4.54. The van der Waals surface area contributed by atoms with Gasteiger partial charge in [0, 0.05) is 91.4 Å². The van der Waals surface area contributed by atoms with Crippen molar-refractivity contribution in [2.75, 3.05) is 91.6 Å². The van der Waals surface area contributed by atoms with E-state index in [2.05, 4.69) is 137 Å². The maximum Gasteiger partial charge on any atom is 0.287 e. The van der Waals surface area contributed by atoms with Gasteiger partial charge in [-0.25, -0.2) is 0 Å². The third kappa shape index (κ3) is 15.7. The van der Waals surface area contributed by atoms with Crippen LogP contribution in [0.5, 0.6) is 0 Å². The summed E-state index contributed by atoms with van der Waals surface area (Å²) >= 11 is 0. The summed E-state index contributed by atoms with van der Waals surface area (Å²) in [5, 5.41) is 40.5. The second kappa shape index (κ2) is 27.9. The number of nitrogens with one attached hydrogen (secondary N) is 3. The van der Waals surface area contributed by atoms with Crippen molar-refractivity contribution in [2.45, 2.75) is 222 Å². The molecule has 22 atom stereocenters. The van der Waals surface area contributed by atoms with Crippen molar-refractivity contribution in [3.05, 3.63) is 0 Å². The quantitative estimate of drug-likeness (QED) is 0.0616. The Morgan fingerprint density at radius 1 is 0.494 bits per heavy atom. The Labute approximate surface area is 512 Å². The topological polar surface area (TPSA) is 237 Å². The highest BCUT2D eigenvalue weighted by atomic mass is 16.4. The number of oxime groups is 1. The number of nitrogens with zero attached hydrogens (tertiary/aromatic N) is 7. The number of carbonyl (C=O) groups excluding carboxylic acids is 5. The Balaban J connectivity index is 0.000000148. The number of carbonyl (C=O) groups is 5. The first-order valence-corrected chi connectivity index (χ1v) is 33.1. The highest BCUT2D eigenvalue weighted by Crippen LogP contribution is 2.51. The van der Waals surface area contributed by atoms with Crippen LogP contribution in [0.25, 0.3) is 0 Å². The van der Waals surface area contributed by atoms with Gasteiger partial charge in [-0.05, 0) is 255 Å². The average molecular weight is 1200 g/mol. The number of aliphatic hydroxyl groups is 2. The third-order valence-corrected chi connectivity index (χ3v) is 23.2. The van der Waals surface area contributed by atoms with E-state index < -0.39 is 17.1 Å². The summed E-state index contributed by atoms with van der Waals surface area (Å²) in [6.07, 6.45) is 21.5. The van der Waals surface area contributed by atoms with Crippen molar-refractivity contribution in [1.82, 2.24) is 40.4 Å². The maximum atomic E-state index is 11.9. The summed E-state index contributed by atoms with van der Waals surface area (Å²) in [5.74, 6) is 7.07. The molecule has 19 heteroatoms. The predicted molar refractivity (Wildman–Crippen MR) is 335 cm³/mol. The van der Waals surface area contributed by atoms with Crippen LogP contribution in [-0.2, 0) is 24.0 Å². The first-order chi connectivity index (χ1) is 39.5. The lowest BCUT2D eigenvalue weighted by molar-refractivity contribution is -0.900. The zero-order chi connectivity index (χ0) is 63.1. The molecule has 0 saturated heterocycles. The van der Waals surface area contributed by atoms with E-state index in [1.807, 2.05) is 0 Å². The number of amides is 3. The van der Waals surface area contributed by atoms with Crippen LogP contribution in [0.4, 0.5) is 0 Å². The van der Waals surface area contributed by atoms with Crippen molar-refractivity contribution in [2.24, 2.45) is 81.9 Å². The molecule has 12 aliphatic rings. The lowest BCUT2D eigenvalue weighted by Crippen LogP contribution is -2.52. The number of rotatable bonds is 12. The van der Waals surface area contributed by atoms with E-state index in [0.29, 0.717) is 89.4 Å². The van der Waals surface area contributed by atoms with Crippen LogP contribution in [0, 0.1) is 71.0 Å². The van der Waals surface area contributed by atoms with E-state index in [0.717, 1.165) is 78.4 Å². The first-order valence-electron chi connectivity index (χ1n) is 33.1. The largest absolute Gasteiger partial charge is 0.411 e. The second-order valence-electron chi connectivity index (χ2n) is 31.8. The smallest absolute Gasteiger partial charge is 0.287 e. The zero-order valence-electron chi connectivity index (χ0n) is 56.0. The molecule has 0 spiro atoms. The number of ketones is 2. The molecule has 486 valence electrons. The standard InChI is InChI=1S/C14H26N2O2.C13H24N2O2.C12H20N2O2.C9H16N2O.C9H18N2.C9H15NO/c1-14(2,18)13(17)15-11-8-9-6-7-10(11)12(9)16(3,4)5;1-13(2,17)12(16)14-10-7-8-5-6-9(10)11(8)15(3)4;1-7(15)12(16)13-10-6-8-4-5-9(10)11(8)14(2)3;1-11(2)9-6-3-4-7(9)8(5-6)10-12;1-11(2)9-6-3-4-7(9)8(10)5-6;1-10(2)9-6-3-4-7(9)8(11)5-6/h9-12,18H,6-8H2,1-5H3;8-11,17H,5-7H2,1-4H3,(H,14,16);8-11H,4-6H2,1-3H3,(H,13,16);6-7,9,12H,3-5H2,1-2H3;6-9H,3-5,10H2,1-2H3;6-7,9H,3-5H2,1-2H3/p+1. The minimum atomic E-state index is -1.27. The molecule has 85 heavy (non-hydrogen) atoms. The van der Waals surface area contributed by atoms with Gasteiger partial charge in [-0.3, -0.25) is 24.0 Å². The molecule has 0 aromatic carbocycles. The lowest BCUT2D eigenvalue weighted by Gasteiger charge is -2.35. The van der Waals surface area contributed by atoms with E-state index in [4.69, 9.17) is 10.9 Å². The minimum Gasteiger partial charge on any atom is -0.411 e. The molecular formula is C66H120N11O8+. The van der Waals surface area contributed by atoms with Crippen molar-refractivity contribution < 1.29 is 43.9 Å². The molecule has 19 nitrogen and oxygen atoms in total. The van der Waals surface area contributed by atoms with Gasteiger partial charge in [-0.15, -0.1) is 0 Å². The van der Waals surface area contributed by atoms with Crippen LogP contribution in [0.1, 0.15) is 150 Å². The number of Topliss-reactive ketones (excluding diaryl/α,β-unsaturated/α-hetero) is 2. The Morgan fingerprint density at radius 2 is 0.859 bits per heavy atom. The number of hydrogen-bond donors (Lipinski definition) is 7. The SMILES string of the molecule is CC(=O)C(=O)NC1CC2CCC1C2N(C)C.CC(C)(O)C(=O)NC1CC2CCC1C2[N+](C)(C)C.CN(C)C1C2CCC1C(=NO)C2.CN(C)C1C2CCC1C(=O)C2.CN(C)C1C2CCC1C(N)C2.CN(C)C1C2CCC1C(NC(=O)C(C)(C)O)C2. The Hall–Kier alpha value is -3.14. The van der Waals surface area contributed by atoms with Gasteiger partial charge in [0.15, 0.2) is 0 Å². The number of fused-ring (bicyclic) bond motifs is 12. The van der Waals surface area contributed by atoms with Gasteiger partial charge in [-0.1, -0.05) is 5.16 Å². The van der Waals surface area contributed by atoms with E-state index in [-0.39, 0.29) is 35.7 Å². The van der Waals surface area contributed by atoms with Gasteiger partial charge in [0.25, 0.3) is 17.7 Å². The lowest BCUT2D eigenvalue weighted by atomic mass is 9.94. The van der Waals surface area contributed by atoms with Crippen LogP contribution >= 0.6 is 0 Å². The third-order valence-electron chi connectivity index (χ3n) is 23.2. The van der Waals surface area contributed by atoms with E-state index >= 15 is 0 Å². The minimum absolute atomic E-state index is 0.211. The summed E-state index contributed by atoms with van der Waals surface area (Å²) in [4.78, 5) is 68.8. The van der Waals surface area contributed by atoms with Gasteiger partial charge in [0.05, 0.1) is 32.9 Å². The van der Waals surface area contributed by atoms with Crippen LogP contribution in [0.2, 0.25) is 0 Å². The molecule has 0 radical (unpaired) electrons. The Bertz CT molecular complexity index is 2330.